The second-order valence-corrected chi connectivity index (χ2v) is 3.59. The van der Waals surface area contributed by atoms with Gasteiger partial charge in [-0.2, -0.15) is 0 Å². The fraction of sp³-hybridized carbons (Fsp3) is 0.273. The van der Waals surface area contributed by atoms with Gasteiger partial charge in [0.05, 0.1) is 5.60 Å². The average molecular weight is 160 g/mol. The Morgan fingerprint density at radius 3 is 2.75 bits per heavy atom. The smallest absolute Gasteiger partial charge is 0.0909 e. The van der Waals surface area contributed by atoms with E-state index in [9.17, 15) is 5.11 Å². The van der Waals surface area contributed by atoms with Gasteiger partial charge in [-0.25, -0.2) is 0 Å². The molecule has 1 atom stereocenters. The monoisotopic (exact) mass is 160 g/mol. The molecule has 0 aliphatic heterocycles. The van der Waals surface area contributed by atoms with Gasteiger partial charge in [-0.05, 0) is 23.6 Å². The van der Waals surface area contributed by atoms with Crippen molar-refractivity contribution in [2.45, 2.75) is 18.9 Å². The van der Waals surface area contributed by atoms with Crippen LogP contribution in [0, 0.1) is 0 Å². The molecular weight excluding hydrogens is 148 g/mol. The Morgan fingerprint density at radius 2 is 2.08 bits per heavy atom. The summed E-state index contributed by atoms with van der Waals surface area (Å²) in [6.45, 7) is 5.71. The Bertz CT molecular complexity index is 337. The van der Waals surface area contributed by atoms with Crippen LogP contribution in [0.1, 0.15) is 18.1 Å². The molecule has 1 unspecified atom stereocenters. The summed E-state index contributed by atoms with van der Waals surface area (Å²) >= 11 is 0. The molecule has 1 aliphatic rings. The van der Waals surface area contributed by atoms with Crippen molar-refractivity contribution in [3.05, 3.63) is 42.0 Å². The van der Waals surface area contributed by atoms with Gasteiger partial charge in [0, 0.05) is 6.42 Å². The summed E-state index contributed by atoms with van der Waals surface area (Å²) in [5.41, 5.74) is 2.43. The number of aliphatic hydroxyl groups is 1. The Morgan fingerprint density at radius 1 is 1.42 bits per heavy atom. The number of rotatable bonds is 0. The van der Waals surface area contributed by atoms with Crippen molar-refractivity contribution in [3.63, 3.8) is 0 Å². The molecule has 1 heteroatoms. The van der Waals surface area contributed by atoms with Crippen molar-refractivity contribution in [1.82, 2.24) is 0 Å². The molecule has 1 N–H and O–H groups in total. The number of benzene rings is 1. The quantitative estimate of drug-likeness (QED) is 0.615. The molecule has 0 spiro atoms. The number of fused-ring (bicyclic) bond motifs is 1. The zero-order chi connectivity index (χ0) is 8.77. The van der Waals surface area contributed by atoms with E-state index in [2.05, 4.69) is 6.58 Å². The van der Waals surface area contributed by atoms with E-state index in [-0.39, 0.29) is 0 Å². The van der Waals surface area contributed by atoms with E-state index in [1.54, 1.807) is 0 Å². The lowest BCUT2D eigenvalue weighted by Gasteiger charge is -2.16. The van der Waals surface area contributed by atoms with E-state index in [1.807, 2.05) is 31.2 Å². The lowest BCUT2D eigenvalue weighted by Crippen LogP contribution is -2.22. The summed E-state index contributed by atoms with van der Waals surface area (Å²) in [5, 5.41) is 9.88. The fourth-order valence-electron chi connectivity index (χ4n) is 1.74. The SMILES string of the molecule is C=C1c2ccccc2CC1(C)O. The first kappa shape index (κ1) is 7.56. The van der Waals surface area contributed by atoms with E-state index in [1.165, 1.54) is 5.56 Å². The Labute approximate surface area is 72.4 Å². The third kappa shape index (κ3) is 0.901. The van der Waals surface area contributed by atoms with E-state index in [0.29, 0.717) is 6.42 Å². The second-order valence-electron chi connectivity index (χ2n) is 3.59. The highest BCUT2D eigenvalue weighted by Crippen LogP contribution is 2.38. The van der Waals surface area contributed by atoms with Crippen LogP contribution in [0.3, 0.4) is 0 Å². The lowest BCUT2D eigenvalue weighted by atomic mass is 9.99. The molecule has 0 heterocycles. The Hall–Kier alpha value is -1.08. The summed E-state index contributed by atoms with van der Waals surface area (Å²) in [4.78, 5) is 0. The Kier molecular flexibility index (Phi) is 1.39. The summed E-state index contributed by atoms with van der Waals surface area (Å²) < 4.78 is 0. The van der Waals surface area contributed by atoms with Crippen molar-refractivity contribution in [3.8, 4) is 0 Å². The normalized spacial score (nSPS) is 27.3. The number of hydrogen-bond donors (Lipinski definition) is 1. The Balaban J connectivity index is 2.57. The van der Waals surface area contributed by atoms with Crippen molar-refractivity contribution >= 4 is 5.57 Å². The van der Waals surface area contributed by atoms with Gasteiger partial charge in [-0.3, -0.25) is 0 Å². The van der Waals surface area contributed by atoms with Crippen LogP contribution in [0.25, 0.3) is 5.57 Å². The highest BCUT2D eigenvalue weighted by atomic mass is 16.3. The molecule has 0 bridgehead atoms. The third-order valence-electron chi connectivity index (χ3n) is 2.53. The highest BCUT2D eigenvalue weighted by molar-refractivity contribution is 5.76. The predicted octanol–water partition coefficient (Wildman–Crippen LogP) is 2.01. The van der Waals surface area contributed by atoms with Crippen molar-refractivity contribution < 1.29 is 5.11 Å². The van der Waals surface area contributed by atoms with Crippen LogP contribution in [0.5, 0.6) is 0 Å². The fourth-order valence-corrected chi connectivity index (χ4v) is 1.74. The number of hydrogen-bond acceptors (Lipinski definition) is 1. The van der Waals surface area contributed by atoms with Gasteiger partial charge in [-0.1, -0.05) is 30.8 Å². The maximum absolute atomic E-state index is 9.88. The topological polar surface area (TPSA) is 20.2 Å². The van der Waals surface area contributed by atoms with Gasteiger partial charge in [-0.15, -0.1) is 0 Å². The zero-order valence-electron chi connectivity index (χ0n) is 7.17. The molecule has 0 fully saturated rings. The van der Waals surface area contributed by atoms with E-state index in [4.69, 9.17) is 0 Å². The van der Waals surface area contributed by atoms with E-state index >= 15 is 0 Å². The van der Waals surface area contributed by atoms with Crippen LogP contribution >= 0.6 is 0 Å². The van der Waals surface area contributed by atoms with Gasteiger partial charge >= 0.3 is 0 Å². The molecule has 0 saturated carbocycles. The predicted molar refractivity (Wildman–Crippen MR) is 49.8 cm³/mol. The van der Waals surface area contributed by atoms with Crippen molar-refractivity contribution in [1.29, 1.82) is 0 Å². The standard InChI is InChI=1S/C11H12O/c1-8-10-6-4-3-5-9(10)7-11(8,2)12/h3-6,12H,1,7H2,2H3. The van der Waals surface area contributed by atoms with Crippen molar-refractivity contribution in [2.24, 2.45) is 0 Å². The van der Waals surface area contributed by atoms with Gasteiger partial charge < -0.3 is 5.11 Å². The minimum absolute atomic E-state index is 0.696. The van der Waals surface area contributed by atoms with Crippen LogP contribution < -0.4 is 0 Å². The first-order valence-corrected chi connectivity index (χ1v) is 4.11. The van der Waals surface area contributed by atoms with Gasteiger partial charge in [0.2, 0.25) is 0 Å². The minimum Gasteiger partial charge on any atom is -0.385 e. The summed E-state index contributed by atoms with van der Waals surface area (Å²) in [7, 11) is 0. The van der Waals surface area contributed by atoms with E-state index < -0.39 is 5.60 Å². The minimum atomic E-state index is -0.732. The molecule has 1 aromatic rings. The van der Waals surface area contributed by atoms with Crippen LogP contribution in [0.2, 0.25) is 0 Å². The molecule has 1 nitrogen and oxygen atoms in total. The molecular formula is C11H12O. The maximum Gasteiger partial charge on any atom is 0.0909 e. The van der Waals surface area contributed by atoms with Gasteiger partial charge in [0.25, 0.3) is 0 Å². The molecule has 0 aromatic heterocycles. The maximum atomic E-state index is 9.88. The molecule has 62 valence electrons. The zero-order valence-corrected chi connectivity index (χ0v) is 7.17. The van der Waals surface area contributed by atoms with Crippen LogP contribution in [-0.4, -0.2) is 10.7 Å². The molecule has 2 rings (SSSR count). The van der Waals surface area contributed by atoms with Crippen LogP contribution in [-0.2, 0) is 6.42 Å². The largest absolute Gasteiger partial charge is 0.385 e. The summed E-state index contributed by atoms with van der Waals surface area (Å²) in [5.74, 6) is 0. The molecule has 1 aliphatic carbocycles. The summed E-state index contributed by atoms with van der Waals surface area (Å²) in [6, 6.07) is 8.03. The first-order valence-electron chi connectivity index (χ1n) is 4.11. The van der Waals surface area contributed by atoms with Crippen LogP contribution in [0.15, 0.2) is 30.8 Å². The van der Waals surface area contributed by atoms with Gasteiger partial charge in [0.15, 0.2) is 0 Å². The molecule has 0 amide bonds. The first-order chi connectivity index (χ1) is 5.61. The second kappa shape index (κ2) is 2.20. The molecule has 0 saturated heterocycles. The average Bonchev–Trinajstić information content (AvgIpc) is 2.24. The van der Waals surface area contributed by atoms with Crippen molar-refractivity contribution in [2.75, 3.05) is 0 Å². The summed E-state index contributed by atoms with van der Waals surface area (Å²) in [6.07, 6.45) is 0.696. The van der Waals surface area contributed by atoms with Crippen LogP contribution in [0.4, 0.5) is 0 Å². The third-order valence-corrected chi connectivity index (χ3v) is 2.53. The molecule has 12 heavy (non-hydrogen) atoms. The van der Waals surface area contributed by atoms with E-state index in [0.717, 1.165) is 11.1 Å². The molecule has 0 radical (unpaired) electrons. The highest BCUT2D eigenvalue weighted by Gasteiger charge is 2.33. The van der Waals surface area contributed by atoms with Gasteiger partial charge in [0.1, 0.15) is 0 Å². The molecule has 1 aromatic carbocycles. The lowest BCUT2D eigenvalue weighted by molar-refractivity contribution is 0.130.